The van der Waals surface area contributed by atoms with Crippen LogP contribution in [0.3, 0.4) is 0 Å². The highest BCUT2D eigenvalue weighted by molar-refractivity contribution is 8.01. The Hall–Kier alpha value is -0.470. The third-order valence-electron chi connectivity index (χ3n) is 2.03. The third-order valence-corrected chi connectivity index (χ3v) is 3.13. The number of nitrogens with one attached hydrogen (secondary N) is 1. The Labute approximate surface area is 85.1 Å². The smallest absolute Gasteiger partial charge is 0.0259 e. The zero-order valence-corrected chi connectivity index (χ0v) is 9.16. The van der Waals surface area contributed by atoms with Crippen molar-refractivity contribution in [3.8, 4) is 0 Å². The zero-order chi connectivity index (χ0) is 9.73. The van der Waals surface area contributed by atoms with Crippen molar-refractivity contribution >= 4 is 11.9 Å². The molecule has 0 bridgehead atoms. The minimum Gasteiger partial charge on any atom is -0.254 e. The van der Waals surface area contributed by atoms with Gasteiger partial charge in [0.25, 0.3) is 0 Å². The van der Waals surface area contributed by atoms with E-state index in [4.69, 9.17) is 0 Å². The van der Waals surface area contributed by atoms with E-state index in [-0.39, 0.29) is 0 Å². The zero-order valence-electron chi connectivity index (χ0n) is 8.34. The van der Waals surface area contributed by atoms with Gasteiger partial charge >= 0.3 is 0 Å². The molecular weight excluding hydrogens is 178 g/mol. The molecule has 0 amide bonds. The van der Waals surface area contributed by atoms with Crippen LogP contribution in [0.5, 0.6) is 0 Å². The van der Waals surface area contributed by atoms with E-state index >= 15 is 0 Å². The average molecular weight is 195 g/mol. The lowest BCUT2D eigenvalue weighted by Crippen LogP contribution is -2.19. The highest BCUT2D eigenvalue weighted by Crippen LogP contribution is 2.37. The Morgan fingerprint density at radius 1 is 1.54 bits per heavy atom. The van der Waals surface area contributed by atoms with Crippen molar-refractivity contribution in [2.75, 3.05) is 0 Å². The van der Waals surface area contributed by atoms with Gasteiger partial charge in [-0.3, -0.25) is 4.72 Å². The van der Waals surface area contributed by atoms with Crippen molar-refractivity contribution in [3.05, 3.63) is 35.8 Å². The van der Waals surface area contributed by atoms with E-state index in [9.17, 15) is 0 Å². The fraction of sp³-hybridized carbons (Fsp3) is 0.455. The van der Waals surface area contributed by atoms with E-state index in [2.05, 4.69) is 24.3 Å². The van der Waals surface area contributed by atoms with E-state index in [1.807, 2.05) is 25.2 Å². The van der Waals surface area contributed by atoms with Crippen LogP contribution in [0.1, 0.15) is 26.7 Å². The fourth-order valence-corrected chi connectivity index (χ4v) is 1.81. The van der Waals surface area contributed by atoms with Crippen LogP contribution in [-0.2, 0) is 0 Å². The quantitative estimate of drug-likeness (QED) is 0.533. The molecule has 13 heavy (non-hydrogen) atoms. The maximum atomic E-state index is 3.69. The van der Waals surface area contributed by atoms with Crippen molar-refractivity contribution in [1.29, 1.82) is 0 Å². The Morgan fingerprint density at radius 2 is 2.23 bits per heavy atom. The van der Waals surface area contributed by atoms with Crippen molar-refractivity contribution in [3.63, 3.8) is 0 Å². The van der Waals surface area contributed by atoms with Crippen LogP contribution in [0.25, 0.3) is 0 Å². The molecule has 1 aliphatic rings. The summed E-state index contributed by atoms with van der Waals surface area (Å²) < 4.78 is 3.45. The maximum Gasteiger partial charge on any atom is 0.0259 e. The summed E-state index contributed by atoms with van der Waals surface area (Å²) in [6, 6.07) is 0. The molecule has 0 atom stereocenters. The lowest BCUT2D eigenvalue weighted by atomic mass is 10.4. The summed E-state index contributed by atoms with van der Waals surface area (Å²) in [7, 11) is 0. The van der Waals surface area contributed by atoms with Crippen LogP contribution in [0.2, 0.25) is 0 Å². The molecule has 0 heterocycles. The summed E-state index contributed by atoms with van der Waals surface area (Å²) in [4.78, 5) is 1.21. The van der Waals surface area contributed by atoms with Crippen LogP contribution >= 0.6 is 11.9 Å². The molecule has 0 aliphatic heterocycles. The molecule has 1 N–H and O–H groups in total. The van der Waals surface area contributed by atoms with Gasteiger partial charge in [0.15, 0.2) is 0 Å². The highest BCUT2D eigenvalue weighted by atomic mass is 32.2. The van der Waals surface area contributed by atoms with Gasteiger partial charge in [-0.2, -0.15) is 0 Å². The predicted octanol–water partition coefficient (Wildman–Crippen LogP) is 3.42. The highest BCUT2D eigenvalue weighted by Gasteiger charge is 2.36. The maximum absolute atomic E-state index is 3.69. The standard InChI is InChI=1S/C11H17NS/c1-4-6-10(7-5-2)13-12-11(3)8-9-11/h4-7,12H,1,8-9H2,2-3H3/b7-5-,10-6+. The SMILES string of the molecule is C=C/C=C(\C=C/C)SNC1(C)CC1. The Balaban J connectivity index is 2.38. The molecule has 0 aromatic heterocycles. The first-order valence-corrected chi connectivity index (χ1v) is 5.41. The first-order valence-electron chi connectivity index (χ1n) is 4.59. The van der Waals surface area contributed by atoms with Gasteiger partial charge in [-0.05, 0) is 44.7 Å². The van der Waals surface area contributed by atoms with Gasteiger partial charge < -0.3 is 0 Å². The molecule has 1 saturated carbocycles. The van der Waals surface area contributed by atoms with Crippen LogP contribution in [0, 0.1) is 0 Å². The van der Waals surface area contributed by atoms with Crippen LogP contribution in [0.15, 0.2) is 35.8 Å². The first-order chi connectivity index (χ1) is 6.20. The molecule has 1 fully saturated rings. The Kier molecular flexibility index (Phi) is 3.82. The topological polar surface area (TPSA) is 12.0 Å². The van der Waals surface area contributed by atoms with Gasteiger partial charge in [-0.25, -0.2) is 0 Å². The van der Waals surface area contributed by atoms with Gasteiger partial charge in [0.1, 0.15) is 0 Å². The second-order valence-electron chi connectivity index (χ2n) is 3.57. The van der Waals surface area contributed by atoms with Crippen LogP contribution in [0.4, 0.5) is 0 Å². The lowest BCUT2D eigenvalue weighted by molar-refractivity contribution is 0.703. The molecule has 1 rings (SSSR count). The van der Waals surface area contributed by atoms with Crippen molar-refractivity contribution in [1.82, 2.24) is 4.72 Å². The summed E-state index contributed by atoms with van der Waals surface area (Å²) >= 11 is 1.69. The van der Waals surface area contributed by atoms with Crippen molar-refractivity contribution in [2.24, 2.45) is 0 Å². The monoisotopic (exact) mass is 195 g/mol. The summed E-state index contributed by atoms with van der Waals surface area (Å²) in [5.41, 5.74) is 0.381. The number of allylic oxidation sites excluding steroid dienone is 4. The summed E-state index contributed by atoms with van der Waals surface area (Å²) in [6.07, 6.45) is 10.5. The second kappa shape index (κ2) is 4.68. The molecule has 0 spiro atoms. The lowest BCUT2D eigenvalue weighted by Gasteiger charge is -2.09. The normalized spacial score (nSPS) is 20.6. The molecular formula is C11H17NS. The fourth-order valence-electron chi connectivity index (χ4n) is 0.876. The molecule has 1 nitrogen and oxygen atoms in total. The third kappa shape index (κ3) is 3.83. The summed E-state index contributed by atoms with van der Waals surface area (Å²) in [6.45, 7) is 7.97. The van der Waals surface area contributed by atoms with E-state index in [1.54, 1.807) is 11.9 Å². The Bertz CT molecular complexity index is 236. The van der Waals surface area contributed by atoms with Gasteiger partial charge in [-0.1, -0.05) is 24.8 Å². The molecule has 0 radical (unpaired) electrons. The van der Waals surface area contributed by atoms with Gasteiger partial charge in [-0.15, -0.1) is 0 Å². The number of rotatable bonds is 5. The van der Waals surface area contributed by atoms with E-state index in [0.29, 0.717) is 5.54 Å². The largest absolute Gasteiger partial charge is 0.254 e. The van der Waals surface area contributed by atoms with E-state index in [1.165, 1.54) is 17.7 Å². The minimum atomic E-state index is 0.381. The first kappa shape index (κ1) is 10.6. The van der Waals surface area contributed by atoms with Crippen molar-refractivity contribution < 1.29 is 0 Å². The molecule has 2 heteroatoms. The predicted molar refractivity (Wildman–Crippen MR) is 61.5 cm³/mol. The minimum absolute atomic E-state index is 0.381. The molecule has 0 aromatic rings. The summed E-state index contributed by atoms with van der Waals surface area (Å²) in [5.74, 6) is 0. The average Bonchev–Trinajstić information content (AvgIpc) is 2.82. The number of hydrogen-bond donors (Lipinski definition) is 1. The van der Waals surface area contributed by atoms with E-state index < -0.39 is 0 Å². The van der Waals surface area contributed by atoms with Crippen molar-refractivity contribution in [2.45, 2.75) is 32.2 Å². The molecule has 0 saturated heterocycles. The molecule has 1 aliphatic carbocycles. The molecule has 0 unspecified atom stereocenters. The Morgan fingerprint density at radius 3 is 2.69 bits per heavy atom. The van der Waals surface area contributed by atoms with Gasteiger partial charge in [0, 0.05) is 10.4 Å². The van der Waals surface area contributed by atoms with Gasteiger partial charge in [0.2, 0.25) is 0 Å². The molecule has 0 aromatic carbocycles. The van der Waals surface area contributed by atoms with E-state index in [0.717, 1.165) is 0 Å². The molecule has 72 valence electrons. The van der Waals surface area contributed by atoms with Crippen LogP contribution < -0.4 is 4.72 Å². The van der Waals surface area contributed by atoms with Gasteiger partial charge in [0.05, 0.1) is 0 Å². The second-order valence-corrected chi connectivity index (χ2v) is 4.45. The number of hydrogen-bond acceptors (Lipinski definition) is 2. The summed E-state index contributed by atoms with van der Waals surface area (Å²) in [5, 5.41) is 0. The van der Waals surface area contributed by atoms with Crippen LogP contribution in [-0.4, -0.2) is 5.54 Å².